The minimum atomic E-state index is -0.250. The average molecular weight is 190 g/mol. The highest BCUT2D eigenvalue weighted by molar-refractivity contribution is 5.13. The smallest absolute Gasteiger partial charge is 0.0919 e. The SMILES string of the molecule is C#CC[C@H](CO)OCc1ccccc1. The number of aliphatic hydroxyl groups is 1. The van der Waals surface area contributed by atoms with Gasteiger partial charge in [-0.1, -0.05) is 30.3 Å². The van der Waals surface area contributed by atoms with Gasteiger partial charge in [0.2, 0.25) is 0 Å². The zero-order chi connectivity index (χ0) is 10.2. The van der Waals surface area contributed by atoms with Gasteiger partial charge in [-0.2, -0.15) is 0 Å². The van der Waals surface area contributed by atoms with Crippen LogP contribution in [0.4, 0.5) is 0 Å². The molecular formula is C12H14O2. The minimum Gasteiger partial charge on any atom is -0.394 e. The Morgan fingerprint density at radius 2 is 2.07 bits per heavy atom. The molecule has 2 nitrogen and oxygen atoms in total. The summed E-state index contributed by atoms with van der Waals surface area (Å²) in [6, 6.07) is 9.81. The van der Waals surface area contributed by atoms with Gasteiger partial charge in [-0.05, 0) is 5.56 Å². The second-order valence-electron chi connectivity index (χ2n) is 3.01. The quantitative estimate of drug-likeness (QED) is 0.714. The number of rotatable bonds is 5. The van der Waals surface area contributed by atoms with E-state index >= 15 is 0 Å². The van der Waals surface area contributed by atoms with Crippen LogP contribution in [0.5, 0.6) is 0 Å². The first-order valence-electron chi connectivity index (χ1n) is 4.56. The van der Waals surface area contributed by atoms with E-state index in [1.54, 1.807) is 0 Å². The molecule has 0 fully saturated rings. The highest BCUT2D eigenvalue weighted by Gasteiger charge is 2.05. The summed E-state index contributed by atoms with van der Waals surface area (Å²) in [4.78, 5) is 0. The van der Waals surface area contributed by atoms with E-state index < -0.39 is 0 Å². The largest absolute Gasteiger partial charge is 0.394 e. The summed E-state index contributed by atoms with van der Waals surface area (Å²) in [6.45, 7) is 0.463. The Balaban J connectivity index is 2.36. The summed E-state index contributed by atoms with van der Waals surface area (Å²) in [5.41, 5.74) is 1.09. The van der Waals surface area contributed by atoms with Crippen molar-refractivity contribution in [2.75, 3.05) is 6.61 Å². The first-order chi connectivity index (χ1) is 6.86. The van der Waals surface area contributed by atoms with E-state index in [0.717, 1.165) is 5.56 Å². The van der Waals surface area contributed by atoms with Crippen LogP contribution in [0.15, 0.2) is 30.3 Å². The molecule has 0 aliphatic heterocycles. The average Bonchev–Trinajstić information content (AvgIpc) is 2.25. The van der Waals surface area contributed by atoms with Gasteiger partial charge in [0, 0.05) is 6.42 Å². The summed E-state index contributed by atoms with van der Waals surface area (Å²) in [6.07, 6.45) is 5.33. The maximum Gasteiger partial charge on any atom is 0.0919 e. The fraction of sp³-hybridized carbons (Fsp3) is 0.333. The number of terminal acetylenes is 1. The second-order valence-corrected chi connectivity index (χ2v) is 3.01. The molecule has 0 spiro atoms. The molecule has 0 radical (unpaired) electrons. The lowest BCUT2D eigenvalue weighted by atomic mass is 10.2. The Labute approximate surface area is 84.5 Å². The number of ether oxygens (including phenoxy) is 1. The molecule has 0 aromatic heterocycles. The Morgan fingerprint density at radius 1 is 1.36 bits per heavy atom. The molecule has 1 aromatic carbocycles. The monoisotopic (exact) mass is 190 g/mol. The second kappa shape index (κ2) is 6.20. The summed E-state index contributed by atoms with van der Waals surface area (Å²) < 4.78 is 5.43. The molecule has 1 rings (SSSR count). The van der Waals surface area contributed by atoms with Gasteiger partial charge in [-0.3, -0.25) is 0 Å². The number of hydrogen-bond acceptors (Lipinski definition) is 2. The predicted molar refractivity (Wildman–Crippen MR) is 55.6 cm³/mol. The van der Waals surface area contributed by atoms with Gasteiger partial charge in [-0.25, -0.2) is 0 Å². The third-order valence-electron chi connectivity index (χ3n) is 1.88. The van der Waals surface area contributed by atoms with Gasteiger partial charge in [-0.15, -0.1) is 12.3 Å². The van der Waals surface area contributed by atoms with Crippen LogP contribution in [0.25, 0.3) is 0 Å². The molecule has 74 valence electrons. The van der Waals surface area contributed by atoms with Crippen molar-refractivity contribution < 1.29 is 9.84 Å². The fourth-order valence-corrected chi connectivity index (χ4v) is 1.10. The summed E-state index contributed by atoms with van der Waals surface area (Å²) in [7, 11) is 0. The van der Waals surface area contributed by atoms with Gasteiger partial charge in [0.1, 0.15) is 0 Å². The lowest BCUT2D eigenvalue weighted by Crippen LogP contribution is -2.16. The van der Waals surface area contributed by atoms with Gasteiger partial charge in [0.15, 0.2) is 0 Å². The third kappa shape index (κ3) is 3.61. The molecule has 2 heteroatoms. The van der Waals surface area contributed by atoms with Gasteiger partial charge in [0.05, 0.1) is 19.3 Å². The summed E-state index contributed by atoms with van der Waals surface area (Å²) >= 11 is 0. The van der Waals surface area contributed by atoms with E-state index in [1.807, 2.05) is 30.3 Å². The zero-order valence-electron chi connectivity index (χ0n) is 8.02. The van der Waals surface area contributed by atoms with Crippen molar-refractivity contribution in [3.05, 3.63) is 35.9 Å². The molecule has 0 heterocycles. The lowest BCUT2D eigenvalue weighted by Gasteiger charge is -2.12. The molecule has 1 N–H and O–H groups in total. The van der Waals surface area contributed by atoms with E-state index in [4.69, 9.17) is 16.3 Å². The molecular weight excluding hydrogens is 176 g/mol. The van der Waals surface area contributed by atoms with E-state index in [2.05, 4.69) is 5.92 Å². The Bertz CT molecular complexity index is 287. The lowest BCUT2D eigenvalue weighted by molar-refractivity contribution is 0.00602. The van der Waals surface area contributed by atoms with E-state index in [-0.39, 0.29) is 12.7 Å². The van der Waals surface area contributed by atoms with Crippen molar-refractivity contribution >= 4 is 0 Å². The third-order valence-corrected chi connectivity index (χ3v) is 1.88. The standard InChI is InChI=1S/C12H14O2/c1-2-6-12(9-13)14-10-11-7-4-3-5-8-11/h1,3-5,7-8,12-13H,6,9-10H2/t12-/m1/s1. The first kappa shape index (κ1) is 10.8. The van der Waals surface area contributed by atoms with Crippen LogP contribution >= 0.6 is 0 Å². The number of benzene rings is 1. The van der Waals surface area contributed by atoms with Gasteiger partial charge in [0.25, 0.3) is 0 Å². The van der Waals surface area contributed by atoms with Crippen molar-refractivity contribution in [1.29, 1.82) is 0 Å². The molecule has 0 unspecified atom stereocenters. The van der Waals surface area contributed by atoms with Crippen molar-refractivity contribution in [1.82, 2.24) is 0 Å². The highest BCUT2D eigenvalue weighted by atomic mass is 16.5. The Hall–Kier alpha value is -1.30. The normalized spacial score (nSPS) is 12.0. The summed E-state index contributed by atoms with van der Waals surface area (Å²) in [5.74, 6) is 2.47. The number of aliphatic hydroxyl groups excluding tert-OH is 1. The maximum atomic E-state index is 8.91. The van der Waals surface area contributed by atoms with E-state index in [0.29, 0.717) is 13.0 Å². The molecule has 1 atom stereocenters. The molecule has 14 heavy (non-hydrogen) atoms. The van der Waals surface area contributed by atoms with Crippen LogP contribution in [0.1, 0.15) is 12.0 Å². The van der Waals surface area contributed by atoms with Crippen molar-refractivity contribution in [3.8, 4) is 12.3 Å². The molecule has 0 saturated heterocycles. The Kier molecular flexibility index (Phi) is 4.77. The molecule has 0 aliphatic rings. The molecule has 0 amide bonds. The van der Waals surface area contributed by atoms with Crippen LogP contribution in [0, 0.1) is 12.3 Å². The summed E-state index contributed by atoms with van der Waals surface area (Å²) in [5, 5.41) is 8.91. The maximum absolute atomic E-state index is 8.91. The van der Waals surface area contributed by atoms with Gasteiger partial charge >= 0.3 is 0 Å². The van der Waals surface area contributed by atoms with Gasteiger partial charge < -0.3 is 9.84 Å². The molecule has 0 saturated carbocycles. The minimum absolute atomic E-state index is 0.0307. The van der Waals surface area contributed by atoms with Crippen molar-refractivity contribution in [3.63, 3.8) is 0 Å². The van der Waals surface area contributed by atoms with Crippen molar-refractivity contribution in [2.24, 2.45) is 0 Å². The topological polar surface area (TPSA) is 29.5 Å². The zero-order valence-corrected chi connectivity index (χ0v) is 8.02. The molecule has 0 bridgehead atoms. The van der Waals surface area contributed by atoms with Crippen LogP contribution in [0.3, 0.4) is 0 Å². The van der Waals surface area contributed by atoms with Crippen LogP contribution in [-0.2, 0) is 11.3 Å². The van der Waals surface area contributed by atoms with Crippen LogP contribution < -0.4 is 0 Å². The molecule has 0 aliphatic carbocycles. The predicted octanol–water partition coefficient (Wildman–Crippen LogP) is 1.59. The Morgan fingerprint density at radius 3 is 2.64 bits per heavy atom. The molecule has 1 aromatic rings. The van der Waals surface area contributed by atoms with E-state index in [9.17, 15) is 0 Å². The highest BCUT2D eigenvalue weighted by Crippen LogP contribution is 2.04. The van der Waals surface area contributed by atoms with Crippen LogP contribution in [0.2, 0.25) is 0 Å². The number of hydrogen-bond donors (Lipinski definition) is 1. The van der Waals surface area contributed by atoms with Crippen molar-refractivity contribution in [2.45, 2.75) is 19.1 Å². The fourth-order valence-electron chi connectivity index (χ4n) is 1.10. The van der Waals surface area contributed by atoms with E-state index in [1.165, 1.54) is 0 Å². The van der Waals surface area contributed by atoms with Crippen LogP contribution in [-0.4, -0.2) is 17.8 Å². The first-order valence-corrected chi connectivity index (χ1v) is 4.56.